The Labute approximate surface area is 122 Å². The van der Waals surface area contributed by atoms with Crippen molar-refractivity contribution < 1.29 is 9.53 Å². The third kappa shape index (κ3) is 3.54. The number of nitrogens with zero attached hydrogens (tertiary/aromatic N) is 4. The number of carbonyl (C=O) groups is 1. The Morgan fingerprint density at radius 2 is 2.24 bits per heavy atom. The van der Waals surface area contributed by atoms with Crippen LogP contribution in [0.1, 0.15) is 12.2 Å². The molecule has 1 amide bonds. The van der Waals surface area contributed by atoms with Crippen LogP contribution in [0.4, 0.5) is 5.69 Å². The van der Waals surface area contributed by atoms with Crippen LogP contribution < -0.4 is 15.4 Å². The molecule has 0 saturated carbocycles. The molecule has 2 aromatic rings. The lowest BCUT2D eigenvalue weighted by atomic mass is 10.2. The molecule has 0 fully saturated rings. The number of hydrogen-bond acceptors (Lipinski definition) is 6. The molecule has 2 rings (SSSR count). The molecule has 0 radical (unpaired) electrons. The third-order valence-electron chi connectivity index (χ3n) is 2.92. The number of tetrazole rings is 1. The van der Waals surface area contributed by atoms with Gasteiger partial charge in [-0.1, -0.05) is 0 Å². The number of rotatable bonds is 6. The molecule has 1 aromatic carbocycles. The standard InChI is InChI=1S/C13H18N6O2/c1-9-16-17-18-19(9)11-8-10(4-5-12(11)21-3)15-13(20)6-7-14-2/h4-5,8,14H,6-7H2,1-3H3,(H,15,20). The monoisotopic (exact) mass is 290 g/mol. The molecule has 0 unspecified atom stereocenters. The SMILES string of the molecule is CNCCC(=O)Nc1ccc(OC)c(-n2nnnc2C)c1. The summed E-state index contributed by atoms with van der Waals surface area (Å²) >= 11 is 0. The van der Waals surface area contributed by atoms with Crippen molar-refractivity contribution in [3.8, 4) is 11.4 Å². The molecule has 0 aliphatic heterocycles. The Morgan fingerprint density at radius 1 is 1.43 bits per heavy atom. The molecule has 2 N–H and O–H groups in total. The highest BCUT2D eigenvalue weighted by Crippen LogP contribution is 2.26. The van der Waals surface area contributed by atoms with Gasteiger partial charge < -0.3 is 15.4 Å². The van der Waals surface area contributed by atoms with E-state index in [1.54, 1.807) is 44.0 Å². The fourth-order valence-electron chi connectivity index (χ4n) is 1.85. The maximum atomic E-state index is 11.8. The van der Waals surface area contributed by atoms with E-state index in [2.05, 4.69) is 26.2 Å². The van der Waals surface area contributed by atoms with E-state index in [1.165, 1.54) is 0 Å². The fraction of sp³-hybridized carbons (Fsp3) is 0.385. The Hall–Kier alpha value is -2.48. The largest absolute Gasteiger partial charge is 0.494 e. The van der Waals surface area contributed by atoms with Crippen molar-refractivity contribution >= 4 is 11.6 Å². The zero-order valence-corrected chi connectivity index (χ0v) is 12.3. The molecule has 1 aromatic heterocycles. The maximum Gasteiger partial charge on any atom is 0.225 e. The summed E-state index contributed by atoms with van der Waals surface area (Å²) in [6.45, 7) is 2.42. The third-order valence-corrected chi connectivity index (χ3v) is 2.92. The Kier molecular flexibility index (Phi) is 4.83. The molecule has 0 saturated heterocycles. The van der Waals surface area contributed by atoms with E-state index in [-0.39, 0.29) is 5.91 Å². The van der Waals surface area contributed by atoms with Gasteiger partial charge in [-0.3, -0.25) is 4.79 Å². The molecular weight excluding hydrogens is 272 g/mol. The number of hydrogen-bond donors (Lipinski definition) is 2. The van der Waals surface area contributed by atoms with Crippen LogP contribution in [0.15, 0.2) is 18.2 Å². The van der Waals surface area contributed by atoms with Gasteiger partial charge in [0.05, 0.1) is 7.11 Å². The van der Waals surface area contributed by atoms with Gasteiger partial charge in [0.25, 0.3) is 0 Å². The zero-order chi connectivity index (χ0) is 15.2. The number of anilines is 1. The second kappa shape index (κ2) is 6.80. The van der Waals surface area contributed by atoms with E-state index in [1.807, 2.05) is 0 Å². The average Bonchev–Trinajstić information content (AvgIpc) is 2.91. The number of aryl methyl sites for hydroxylation is 1. The van der Waals surface area contributed by atoms with E-state index in [0.29, 0.717) is 35.9 Å². The van der Waals surface area contributed by atoms with Gasteiger partial charge in [-0.25, -0.2) is 0 Å². The Balaban J connectivity index is 2.26. The molecule has 0 aliphatic rings. The van der Waals surface area contributed by atoms with E-state index >= 15 is 0 Å². The summed E-state index contributed by atoms with van der Waals surface area (Å²) in [7, 11) is 3.38. The van der Waals surface area contributed by atoms with E-state index in [0.717, 1.165) is 0 Å². The zero-order valence-electron chi connectivity index (χ0n) is 12.3. The highest BCUT2D eigenvalue weighted by Gasteiger charge is 2.12. The molecule has 0 aliphatic carbocycles. The minimum atomic E-state index is -0.0612. The average molecular weight is 290 g/mol. The van der Waals surface area contributed by atoms with E-state index in [9.17, 15) is 4.79 Å². The first-order valence-corrected chi connectivity index (χ1v) is 6.53. The van der Waals surface area contributed by atoms with Crippen molar-refractivity contribution in [2.45, 2.75) is 13.3 Å². The maximum absolute atomic E-state index is 11.8. The molecule has 0 bridgehead atoms. The van der Waals surface area contributed by atoms with Crippen LogP contribution in [-0.4, -0.2) is 46.8 Å². The van der Waals surface area contributed by atoms with E-state index in [4.69, 9.17) is 4.74 Å². The number of carbonyl (C=O) groups excluding carboxylic acids is 1. The van der Waals surface area contributed by atoms with Crippen molar-refractivity contribution in [2.75, 3.05) is 26.0 Å². The molecule has 1 heterocycles. The van der Waals surface area contributed by atoms with Crippen LogP contribution in [0.2, 0.25) is 0 Å². The predicted molar refractivity (Wildman–Crippen MR) is 77.6 cm³/mol. The van der Waals surface area contributed by atoms with Gasteiger partial charge in [-0.15, -0.1) is 5.10 Å². The highest BCUT2D eigenvalue weighted by molar-refractivity contribution is 5.91. The summed E-state index contributed by atoms with van der Waals surface area (Å²) in [6, 6.07) is 5.32. The second-order valence-corrected chi connectivity index (χ2v) is 4.43. The van der Waals surface area contributed by atoms with Crippen LogP contribution in [0.25, 0.3) is 5.69 Å². The van der Waals surface area contributed by atoms with Crippen molar-refractivity contribution in [3.05, 3.63) is 24.0 Å². The molecule has 8 heteroatoms. The number of ether oxygens (including phenoxy) is 1. The normalized spacial score (nSPS) is 10.4. The summed E-state index contributed by atoms with van der Waals surface area (Å²) in [5, 5.41) is 17.1. The lowest BCUT2D eigenvalue weighted by Crippen LogP contribution is -2.18. The smallest absolute Gasteiger partial charge is 0.225 e. The molecule has 0 atom stereocenters. The van der Waals surface area contributed by atoms with Crippen molar-refractivity contribution in [3.63, 3.8) is 0 Å². The number of nitrogens with one attached hydrogen (secondary N) is 2. The van der Waals surface area contributed by atoms with E-state index < -0.39 is 0 Å². The quantitative estimate of drug-likeness (QED) is 0.806. The highest BCUT2D eigenvalue weighted by atomic mass is 16.5. The molecule has 0 spiro atoms. The van der Waals surface area contributed by atoms with Crippen LogP contribution >= 0.6 is 0 Å². The van der Waals surface area contributed by atoms with Gasteiger partial charge in [-0.05, 0) is 42.6 Å². The first-order valence-electron chi connectivity index (χ1n) is 6.53. The van der Waals surface area contributed by atoms with Crippen molar-refractivity contribution in [1.82, 2.24) is 25.5 Å². The van der Waals surface area contributed by atoms with Crippen molar-refractivity contribution in [2.24, 2.45) is 0 Å². The number of benzene rings is 1. The fourth-order valence-corrected chi connectivity index (χ4v) is 1.85. The summed E-state index contributed by atoms with van der Waals surface area (Å²) in [6.07, 6.45) is 0.405. The van der Waals surface area contributed by atoms with Gasteiger partial charge in [-0.2, -0.15) is 4.68 Å². The number of aromatic nitrogens is 4. The molecule has 8 nitrogen and oxygen atoms in total. The van der Waals surface area contributed by atoms with Crippen LogP contribution in [0.3, 0.4) is 0 Å². The van der Waals surface area contributed by atoms with Gasteiger partial charge >= 0.3 is 0 Å². The molecule has 21 heavy (non-hydrogen) atoms. The lowest BCUT2D eigenvalue weighted by Gasteiger charge is -2.11. The first-order chi connectivity index (χ1) is 10.2. The summed E-state index contributed by atoms with van der Waals surface area (Å²) in [5.41, 5.74) is 1.34. The van der Waals surface area contributed by atoms with Gasteiger partial charge in [0.15, 0.2) is 5.82 Å². The minimum absolute atomic E-state index is 0.0612. The molecule has 112 valence electrons. The predicted octanol–water partition coefficient (Wildman–Crippen LogP) is 0.527. The second-order valence-electron chi connectivity index (χ2n) is 4.43. The number of methoxy groups -OCH3 is 1. The minimum Gasteiger partial charge on any atom is -0.494 e. The van der Waals surface area contributed by atoms with Crippen LogP contribution in [0, 0.1) is 6.92 Å². The summed E-state index contributed by atoms with van der Waals surface area (Å²) in [4.78, 5) is 11.8. The Morgan fingerprint density at radius 3 is 2.86 bits per heavy atom. The van der Waals surface area contributed by atoms with Crippen molar-refractivity contribution in [1.29, 1.82) is 0 Å². The van der Waals surface area contributed by atoms with Crippen LogP contribution in [0.5, 0.6) is 5.75 Å². The lowest BCUT2D eigenvalue weighted by molar-refractivity contribution is -0.116. The molecular formula is C13H18N6O2. The first kappa shape index (κ1) is 14.9. The Bertz CT molecular complexity index is 625. The van der Waals surface area contributed by atoms with Gasteiger partial charge in [0, 0.05) is 18.7 Å². The summed E-state index contributed by atoms with van der Waals surface area (Å²) < 4.78 is 6.87. The van der Waals surface area contributed by atoms with Gasteiger partial charge in [0.2, 0.25) is 5.91 Å². The van der Waals surface area contributed by atoms with Crippen LogP contribution in [-0.2, 0) is 4.79 Å². The number of amides is 1. The summed E-state index contributed by atoms with van der Waals surface area (Å²) in [5.74, 6) is 1.19. The van der Waals surface area contributed by atoms with Gasteiger partial charge in [0.1, 0.15) is 11.4 Å². The topological polar surface area (TPSA) is 94.0 Å².